The molecule has 5 heteroatoms. The highest BCUT2D eigenvalue weighted by molar-refractivity contribution is 6.35. The molecule has 1 aromatic carbocycles. The third-order valence-corrected chi connectivity index (χ3v) is 2.30. The van der Waals surface area contributed by atoms with Crippen LogP contribution in [0.15, 0.2) is 18.3 Å². The normalized spacial score (nSPS) is 10.7. The van der Waals surface area contributed by atoms with Crippen LogP contribution in [0.25, 0.3) is 10.9 Å². The van der Waals surface area contributed by atoms with Gasteiger partial charge in [0.1, 0.15) is 5.82 Å². The monoisotopic (exact) mass is 211 g/mol. The van der Waals surface area contributed by atoms with Crippen molar-refractivity contribution in [1.82, 2.24) is 4.98 Å². The van der Waals surface area contributed by atoms with Crippen LogP contribution in [-0.4, -0.2) is 4.98 Å². The molecule has 72 valence electrons. The molecule has 0 fully saturated rings. The van der Waals surface area contributed by atoms with Gasteiger partial charge in [0.2, 0.25) is 0 Å². The Labute approximate surface area is 84.5 Å². The van der Waals surface area contributed by atoms with E-state index in [4.69, 9.17) is 23.1 Å². The van der Waals surface area contributed by atoms with Crippen molar-refractivity contribution in [2.75, 3.05) is 11.5 Å². The highest BCUT2D eigenvalue weighted by atomic mass is 35.5. The van der Waals surface area contributed by atoms with Crippen molar-refractivity contribution in [3.63, 3.8) is 0 Å². The van der Waals surface area contributed by atoms with E-state index in [2.05, 4.69) is 4.98 Å². The summed E-state index contributed by atoms with van der Waals surface area (Å²) in [5.74, 6) is -0.471. The lowest BCUT2D eigenvalue weighted by Gasteiger charge is -2.06. The molecule has 1 heterocycles. The molecule has 14 heavy (non-hydrogen) atoms. The number of fused-ring (bicyclic) bond motifs is 1. The summed E-state index contributed by atoms with van der Waals surface area (Å²) in [6.45, 7) is 0. The Morgan fingerprint density at radius 2 is 2.00 bits per heavy atom. The number of hydrogen-bond acceptors (Lipinski definition) is 3. The lowest BCUT2D eigenvalue weighted by Crippen LogP contribution is -1.98. The van der Waals surface area contributed by atoms with E-state index in [1.807, 2.05) is 0 Å². The molecule has 0 saturated heterocycles. The van der Waals surface area contributed by atoms with Crippen molar-refractivity contribution in [3.05, 3.63) is 29.2 Å². The van der Waals surface area contributed by atoms with E-state index in [-0.39, 0.29) is 16.8 Å². The number of pyridine rings is 1. The number of nitrogens with zero attached hydrogens (tertiary/aromatic N) is 1. The molecule has 0 unspecified atom stereocenters. The molecule has 2 rings (SSSR count). The van der Waals surface area contributed by atoms with Crippen molar-refractivity contribution < 1.29 is 4.39 Å². The molecule has 0 spiro atoms. The Hall–Kier alpha value is -1.55. The first-order valence-electron chi connectivity index (χ1n) is 3.89. The highest BCUT2D eigenvalue weighted by Gasteiger charge is 2.10. The zero-order valence-electron chi connectivity index (χ0n) is 7.09. The Kier molecular flexibility index (Phi) is 1.93. The van der Waals surface area contributed by atoms with Crippen molar-refractivity contribution >= 4 is 33.9 Å². The number of nitrogens with two attached hydrogens (primary N) is 2. The summed E-state index contributed by atoms with van der Waals surface area (Å²) in [5.41, 5.74) is 11.9. The summed E-state index contributed by atoms with van der Waals surface area (Å²) in [6.07, 6.45) is 1.36. The summed E-state index contributed by atoms with van der Waals surface area (Å²) in [4.78, 5) is 3.92. The van der Waals surface area contributed by atoms with Crippen LogP contribution in [0.3, 0.4) is 0 Å². The lowest BCUT2D eigenvalue weighted by molar-refractivity contribution is 0.640. The molecule has 0 saturated carbocycles. The van der Waals surface area contributed by atoms with Crippen LogP contribution in [-0.2, 0) is 0 Å². The van der Waals surface area contributed by atoms with Gasteiger partial charge in [-0.05, 0) is 12.1 Å². The van der Waals surface area contributed by atoms with E-state index >= 15 is 0 Å². The highest BCUT2D eigenvalue weighted by Crippen LogP contribution is 2.31. The van der Waals surface area contributed by atoms with Gasteiger partial charge in [-0.2, -0.15) is 0 Å². The molecular formula is C9H7ClFN3. The molecule has 0 aliphatic heterocycles. The molecular weight excluding hydrogens is 205 g/mol. The van der Waals surface area contributed by atoms with Crippen LogP contribution in [0.5, 0.6) is 0 Å². The maximum atomic E-state index is 13.4. The number of halogens is 2. The largest absolute Gasteiger partial charge is 0.396 e. The van der Waals surface area contributed by atoms with Gasteiger partial charge >= 0.3 is 0 Å². The van der Waals surface area contributed by atoms with Gasteiger partial charge < -0.3 is 11.5 Å². The molecule has 2 aromatic rings. The van der Waals surface area contributed by atoms with Gasteiger partial charge in [-0.25, -0.2) is 4.39 Å². The quantitative estimate of drug-likeness (QED) is 0.702. The second-order valence-electron chi connectivity index (χ2n) is 2.88. The molecule has 4 N–H and O–H groups in total. The fourth-order valence-electron chi connectivity index (χ4n) is 1.27. The van der Waals surface area contributed by atoms with Crippen molar-refractivity contribution in [2.24, 2.45) is 0 Å². The number of benzene rings is 1. The zero-order chi connectivity index (χ0) is 10.3. The molecule has 3 nitrogen and oxygen atoms in total. The van der Waals surface area contributed by atoms with Crippen molar-refractivity contribution in [2.45, 2.75) is 0 Å². The minimum absolute atomic E-state index is 0.176. The van der Waals surface area contributed by atoms with Crippen LogP contribution in [0, 0.1) is 5.82 Å². The maximum absolute atomic E-state index is 13.4. The SMILES string of the molecule is Nc1cnc2c(Cl)ccc(F)c2c1N. The first-order chi connectivity index (χ1) is 6.61. The summed E-state index contributed by atoms with van der Waals surface area (Å²) in [6, 6.07) is 2.67. The average Bonchev–Trinajstić information content (AvgIpc) is 2.16. The smallest absolute Gasteiger partial charge is 0.134 e. The van der Waals surface area contributed by atoms with E-state index < -0.39 is 5.82 Å². The maximum Gasteiger partial charge on any atom is 0.134 e. The predicted octanol–water partition coefficient (Wildman–Crippen LogP) is 2.19. The lowest BCUT2D eigenvalue weighted by atomic mass is 10.1. The fraction of sp³-hybridized carbons (Fsp3) is 0. The number of hydrogen-bond donors (Lipinski definition) is 2. The van der Waals surface area contributed by atoms with E-state index in [9.17, 15) is 4.39 Å². The Balaban J connectivity index is 3.01. The zero-order valence-corrected chi connectivity index (χ0v) is 7.85. The van der Waals surface area contributed by atoms with Gasteiger partial charge in [0.15, 0.2) is 0 Å². The summed E-state index contributed by atoms with van der Waals surface area (Å²) < 4.78 is 13.4. The Morgan fingerprint density at radius 3 is 2.71 bits per heavy atom. The molecule has 0 atom stereocenters. The van der Waals surface area contributed by atoms with Gasteiger partial charge in [-0.1, -0.05) is 11.6 Å². The van der Waals surface area contributed by atoms with E-state index in [1.165, 1.54) is 18.3 Å². The van der Waals surface area contributed by atoms with Crippen LogP contribution in [0.1, 0.15) is 0 Å². The van der Waals surface area contributed by atoms with Crippen molar-refractivity contribution in [1.29, 1.82) is 0 Å². The molecule has 0 bridgehead atoms. The fourth-order valence-corrected chi connectivity index (χ4v) is 1.48. The summed E-state index contributed by atoms with van der Waals surface area (Å²) >= 11 is 5.83. The first kappa shape index (κ1) is 9.02. The standard InChI is InChI=1S/C9H7ClFN3/c10-4-1-2-5(11)7-8(13)6(12)3-14-9(4)7/h1-3H,12H2,(H2,13,14). The Morgan fingerprint density at radius 1 is 1.29 bits per heavy atom. The molecule has 1 aromatic heterocycles. The van der Waals surface area contributed by atoms with Crippen LogP contribution >= 0.6 is 11.6 Å². The molecule has 0 radical (unpaired) electrons. The van der Waals surface area contributed by atoms with Crippen molar-refractivity contribution in [3.8, 4) is 0 Å². The first-order valence-corrected chi connectivity index (χ1v) is 4.26. The number of aromatic nitrogens is 1. The minimum Gasteiger partial charge on any atom is -0.396 e. The van der Waals surface area contributed by atoms with Crippen LogP contribution in [0.4, 0.5) is 15.8 Å². The van der Waals surface area contributed by atoms with Gasteiger partial charge in [-0.3, -0.25) is 4.98 Å². The number of anilines is 2. The average molecular weight is 212 g/mol. The van der Waals surface area contributed by atoms with E-state index in [1.54, 1.807) is 0 Å². The Bertz CT molecular complexity index is 513. The molecule has 0 amide bonds. The second kappa shape index (κ2) is 2.99. The molecule has 0 aliphatic carbocycles. The summed E-state index contributed by atoms with van der Waals surface area (Å²) in [5, 5.41) is 0.533. The second-order valence-corrected chi connectivity index (χ2v) is 3.29. The number of nitrogen functional groups attached to an aromatic ring is 2. The summed E-state index contributed by atoms with van der Waals surface area (Å²) in [7, 11) is 0. The van der Waals surface area contributed by atoms with Gasteiger partial charge in [-0.15, -0.1) is 0 Å². The van der Waals surface area contributed by atoms with E-state index in [0.29, 0.717) is 10.5 Å². The van der Waals surface area contributed by atoms with E-state index in [0.717, 1.165) is 0 Å². The van der Waals surface area contributed by atoms with Gasteiger partial charge in [0.25, 0.3) is 0 Å². The third-order valence-electron chi connectivity index (χ3n) is 1.99. The predicted molar refractivity (Wildman–Crippen MR) is 55.5 cm³/mol. The number of rotatable bonds is 0. The topological polar surface area (TPSA) is 64.9 Å². The minimum atomic E-state index is -0.471. The third kappa shape index (κ3) is 1.15. The van der Waals surface area contributed by atoms with Crippen LogP contribution in [0.2, 0.25) is 5.02 Å². The van der Waals surface area contributed by atoms with Gasteiger partial charge in [0, 0.05) is 0 Å². The molecule has 0 aliphatic rings. The van der Waals surface area contributed by atoms with Gasteiger partial charge in [0.05, 0.1) is 33.5 Å². The van der Waals surface area contributed by atoms with Crippen LogP contribution < -0.4 is 11.5 Å².